The third kappa shape index (κ3) is 2.07. The molecule has 0 aliphatic carbocycles. The van der Waals surface area contributed by atoms with Gasteiger partial charge in [-0.1, -0.05) is 0 Å². The highest BCUT2D eigenvalue weighted by molar-refractivity contribution is 5.76. The van der Waals surface area contributed by atoms with Crippen LogP contribution in [0.3, 0.4) is 0 Å². The fraction of sp³-hybridized carbons (Fsp3) is 0.667. The molecule has 2 saturated heterocycles. The zero-order valence-electron chi connectivity index (χ0n) is 9.93. The highest BCUT2D eigenvalue weighted by atomic mass is 16.2. The Labute approximate surface area is 101 Å². The summed E-state index contributed by atoms with van der Waals surface area (Å²) in [4.78, 5) is 18.2. The highest BCUT2D eigenvalue weighted by Gasteiger charge is 2.24. The van der Waals surface area contributed by atoms with E-state index >= 15 is 0 Å². The number of amides is 1. The van der Waals surface area contributed by atoms with Crippen molar-refractivity contribution in [3.8, 4) is 0 Å². The molecule has 3 heterocycles. The van der Waals surface area contributed by atoms with E-state index < -0.39 is 0 Å². The quantitative estimate of drug-likeness (QED) is 0.812. The van der Waals surface area contributed by atoms with E-state index in [4.69, 9.17) is 0 Å². The average molecular weight is 234 g/mol. The number of likely N-dealkylation sites (tertiary alicyclic amines) is 1. The maximum Gasteiger partial charge on any atom is 0.242 e. The molecule has 2 fully saturated rings. The van der Waals surface area contributed by atoms with Crippen molar-refractivity contribution in [1.82, 2.24) is 19.8 Å². The predicted molar refractivity (Wildman–Crippen MR) is 63.7 cm³/mol. The third-order valence-electron chi connectivity index (χ3n) is 3.71. The number of carbonyl (C=O) groups excluding carboxylic acids is 1. The summed E-state index contributed by atoms with van der Waals surface area (Å²) < 4.78 is 2.01. The number of nitrogens with one attached hydrogen (secondary N) is 1. The summed E-state index contributed by atoms with van der Waals surface area (Å²) in [5.41, 5.74) is 1.19. The summed E-state index contributed by atoms with van der Waals surface area (Å²) in [6.45, 7) is 4.31. The molecule has 1 aromatic heterocycles. The number of carbonyl (C=O) groups is 1. The van der Waals surface area contributed by atoms with Crippen LogP contribution in [0.25, 0.3) is 0 Å². The molecule has 2 aliphatic heterocycles. The molecule has 2 aliphatic rings. The molecule has 17 heavy (non-hydrogen) atoms. The monoisotopic (exact) mass is 234 g/mol. The first-order valence-electron chi connectivity index (χ1n) is 6.33. The van der Waals surface area contributed by atoms with Crippen molar-refractivity contribution < 1.29 is 4.79 Å². The summed E-state index contributed by atoms with van der Waals surface area (Å²) in [6, 6.07) is 0. The Kier molecular flexibility index (Phi) is 2.84. The first kappa shape index (κ1) is 10.8. The van der Waals surface area contributed by atoms with Crippen molar-refractivity contribution in [2.75, 3.05) is 26.2 Å². The summed E-state index contributed by atoms with van der Waals surface area (Å²) >= 11 is 0. The second-order valence-corrected chi connectivity index (χ2v) is 4.89. The summed E-state index contributed by atoms with van der Waals surface area (Å²) in [6.07, 6.45) is 5.97. The number of imidazole rings is 1. The second kappa shape index (κ2) is 4.49. The Bertz CT molecular complexity index is 404. The normalized spacial score (nSPS) is 20.6. The molecule has 0 spiro atoms. The van der Waals surface area contributed by atoms with E-state index in [1.807, 2.05) is 15.7 Å². The molecule has 5 heteroatoms. The Morgan fingerprint density at radius 2 is 2.18 bits per heavy atom. The zero-order valence-corrected chi connectivity index (χ0v) is 9.93. The van der Waals surface area contributed by atoms with Crippen LogP contribution in [0, 0.1) is 0 Å². The minimum Gasteiger partial charge on any atom is -0.341 e. The van der Waals surface area contributed by atoms with Gasteiger partial charge >= 0.3 is 0 Å². The molecular formula is C12H18N4O. The van der Waals surface area contributed by atoms with Gasteiger partial charge in [-0.15, -0.1) is 0 Å². The molecule has 0 unspecified atom stereocenters. The lowest BCUT2D eigenvalue weighted by molar-refractivity contribution is -0.130. The SMILES string of the molecule is O=C(Cn1cncc1C1CNC1)N1CCCC1. The van der Waals surface area contributed by atoms with Crippen molar-refractivity contribution in [2.45, 2.75) is 25.3 Å². The van der Waals surface area contributed by atoms with Crippen LogP contribution < -0.4 is 5.32 Å². The maximum absolute atomic E-state index is 12.1. The molecule has 3 rings (SSSR count). The van der Waals surface area contributed by atoms with E-state index in [1.165, 1.54) is 5.69 Å². The number of nitrogens with zero attached hydrogens (tertiary/aromatic N) is 3. The van der Waals surface area contributed by atoms with Crippen LogP contribution in [0.1, 0.15) is 24.5 Å². The third-order valence-corrected chi connectivity index (χ3v) is 3.71. The van der Waals surface area contributed by atoms with Gasteiger partial charge in [0.2, 0.25) is 5.91 Å². The standard InChI is InChI=1S/C12H18N4O/c17-12(15-3-1-2-4-15)8-16-9-14-7-11(16)10-5-13-6-10/h7,9-10,13H,1-6,8H2. The summed E-state index contributed by atoms with van der Waals surface area (Å²) in [7, 11) is 0. The smallest absolute Gasteiger partial charge is 0.242 e. The average Bonchev–Trinajstić information content (AvgIpc) is 2.86. The number of aromatic nitrogens is 2. The van der Waals surface area contributed by atoms with Crippen molar-refractivity contribution >= 4 is 5.91 Å². The largest absolute Gasteiger partial charge is 0.341 e. The molecule has 5 nitrogen and oxygen atoms in total. The number of hydrogen-bond donors (Lipinski definition) is 1. The Morgan fingerprint density at radius 1 is 1.41 bits per heavy atom. The molecule has 1 N–H and O–H groups in total. The van der Waals surface area contributed by atoms with E-state index in [1.54, 1.807) is 6.33 Å². The molecule has 0 atom stereocenters. The highest BCUT2D eigenvalue weighted by Crippen LogP contribution is 2.19. The first-order chi connectivity index (χ1) is 8.34. The van der Waals surface area contributed by atoms with Gasteiger partial charge in [0.25, 0.3) is 0 Å². The van der Waals surface area contributed by atoms with Crippen LogP contribution in [0.5, 0.6) is 0 Å². The molecule has 0 bridgehead atoms. The minimum atomic E-state index is 0.231. The Morgan fingerprint density at radius 3 is 2.82 bits per heavy atom. The second-order valence-electron chi connectivity index (χ2n) is 4.89. The van der Waals surface area contributed by atoms with Crippen molar-refractivity contribution in [3.63, 3.8) is 0 Å². The maximum atomic E-state index is 12.1. The van der Waals surface area contributed by atoms with Gasteiger partial charge in [0.1, 0.15) is 6.54 Å². The van der Waals surface area contributed by atoms with E-state index in [0.717, 1.165) is 39.0 Å². The fourth-order valence-electron chi connectivity index (χ4n) is 2.51. The zero-order chi connectivity index (χ0) is 11.7. The van der Waals surface area contributed by atoms with E-state index in [-0.39, 0.29) is 5.91 Å². The number of rotatable bonds is 3. The van der Waals surface area contributed by atoms with Crippen LogP contribution in [0.4, 0.5) is 0 Å². The predicted octanol–water partition coefficient (Wildman–Crippen LogP) is 0.192. The lowest BCUT2D eigenvalue weighted by Crippen LogP contribution is -2.41. The molecule has 0 radical (unpaired) electrons. The van der Waals surface area contributed by atoms with Gasteiger partial charge in [0, 0.05) is 44.0 Å². The van der Waals surface area contributed by atoms with Gasteiger partial charge in [0.05, 0.1) is 6.33 Å². The Balaban J connectivity index is 1.67. The number of hydrogen-bond acceptors (Lipinski definition) is 3. The molecule has 92 valence electrons. The van der Waals surface area contributed by atoms with Crippen LogP contribution in [-0.2, 0) is 11.3 Å². The fourth-order valence-corrected chi connectivity index (χ4v) is 2.51. The lowest BCUT2D eigenvalue weighted by atomic mass is 10.00. The molecule has 0 aromatic carbocycles. The van der Waals surface area contributed by atoms with Gasteiger partial charge in [-0.05, 0) is 12.8 Å². The van der Waals surface area contributed by atoms with Crippen LogP contribution >= 0.6 is 0 Å². The topological polar surface area (TPSA) is 50.2 Å². The first-order valence-corrected chi connectivity index (χ1v) is 6.33. The summed E-state index contributed by atoms with van der Waals surface area (Å²) in [5, 5.41) is 3.25. The van der Waals surface area contributed by atoms with Gasteiger partial charge in [-0.25, -0.2) is 4.98 Å². The van der Waals surface area contributed by atoms with E-state index in [9.17, 15) is 4.79 Å². The van der Waals surface area contributed by atoms with Gasteiger partial charge in [-0.2, -0.15) is 0 Å². The van der Waals surface area contributed by atoms with Gasteiger partial charge in [-0.3, -0.25) is 4.79 Å². The van der Waals surface area contributed by atoms with Crippen LogP contribution in [-0.4, -0.2) is 46.5 Å². The van der Waals surface area contributed by atoms with Gasteiger partial charge in [0.15, 0.2) is 0 Å². The molecule has 1 aromatic rings. The van der Waals surface area contributed by atoms with Crippen molar-refractivity contribution in [2.24, 2.45) is 0 Å². The van der Waals surface area contributed by atoms with Gasteiger partial charge < -0.3 is 14.8 Å². The summed E-state index contributed by atoms with van der Waals surface area (Å²) in [5.74, 6) is 0.762. The van der Waals surface area contributed by atoms with Crippen LogP contribution in [0.2, 0.25) is 0 Å². The molecule has 1 amide bonds. The van der Waals surface area contributed by atoms with Crippen molar-refractivity contribution in [1.29, 1.82) is 0 Å². The molecule has 0 saturated carbocycles. The van der Waals surface area contributed by atoms with Crippen molar-refractivity contribution in [3.05, 3.63) is 18.2 Å². The van der Waals surface area contributed by atoms with Crippen LogP contribution in [0.15, 0.2) is 12.5 Å². The van der Waals surface area contributed by atoms with E-state index in [0.29, 0.717) is 12.5 Å². The lowest BCUT2D eigenvalue weighted by Gasteiger charge is -2.28. The Hall–Kier alpha value is -1.36. The molecular weight excluding hydrogens is 216 g/mol. The minimum absolute atomic E-state index is 0.231. The van der Waals surface area contributed by atoms with E-state index in [2.05, 4.69) is 10.3 Å².